The zero-order chi connectivity index (χ0) is 15.1. The highest BCUT2D eigenvalue weighted by molar-refractivity contribution is 5.90. The minimum Gasteiger partial charge on any atom is -0.480 e. The number of urea groups is 1. The Labute approximate surface area is 123 Å². The second-order valence-corrected chi connectivity index (χ2v) is 5.15. The van der Waals surface area contributed by atoms with Gasteiger partial charge in [0.05, 0.1) is 5.69 Å². The summed E-state index contributed by atoms with van der Waals surface area (Å²) in [5.74, 6) is 0.0280. The predicted octanol–water partition coefficient (Wildman–Crippen LogP) is 2.46. The molecule has 0 aliphatic heterocycles. The third-order valence-electron chi connectivity index (χ3n) is 3.55. The highest BCUT2D eigenvalue weighted by atomic mass is 16.5. The predicted molar refractivity (Wildman–Crippen MR) is 78.6 cm³/mol. The topological polar surface area (TPSA) is 87.7 Å². The first kappa shape index (κ1) is 15.2. The molecular formula is C15H20N2O4. The Morgan fingerprint density at radius 1 is 1.29 bits per heavy atom. The van der Waals surface area contributed by atoms with Crippen LogP contribution >= 0.6 is 0 Å². The van der Waals surface area contributed by atoms with Crippen LogP contribution in [0, 0.1) is 5.92 Å². The third kappa shape index (κ3) is 4.98. The number of hydrogen-bond acceptors (Lipinski definition) is 3. The Balaban J connectivity index is 1.79. The summed E-state index contributed by atoms with van der Waals surface area (Å²) in [6, 6.07) is 6.45. The van der Waals surface area contributed by atoms with Crippen LogP contribution in [-0.4, -0.2) is 30.3 Å². The summed E-state index contributed by atoms with van der Waals surface area (Å²) in [6.07, 6.45) is 4.82. The lowest BCUT2D eigenvalue weighted by Gasteiger charge is -2.25. The van der Waals surface area contributed by atoms with Crippen molar-refractivity contribution in [2.24, 2.45) is 5.92 Å². The van der Waals surface area contributed by atoms with Crippen LogP contribution in [0.25, 0.3) is 0 Å². The largest absolute Gasteiger partial charge is 0.480 e. The molecule has 21 heavy (non-hydrogen) atoms. The number of para-hydroxylation sites is 2. The summed E-state index contributed by atoms with van der Waals surface area (Å²) in [5, 5.41) is 14.1. The molecule has 6 heteroatoms. The molecule has 0 atom stereocenters. The SMILES string of the molecule is O=C(O)COc1ccccc1NC(=O)NCCC1CCC1. The number of nitrogens with one attached hydrogen (secondary N) is 2. The molecule has 0 saturated heterocycles. The summed E-state index contributed by atoms with van der Waals surface area (Å²) >= 11 is 0. The fourth-order valence-corrected chi connectivity index (χ4v) is 2.17. The average Bonchev–Trinajstić information content (AvgIpc) is 2.40. The van der Waals surface area contributed by atoms with Crippen LogP contribution in [0.5, 0.6) is 5.75 Å². The van der Waals surface area contributed by atoms with E-state index in [0.717, 1.165) is 12.3 Å². The molecule has 1 saturated carbocycles. The first-order valence-corrected chi connectivity index (χ1v) is 7.13. The van der Waals surface area contributed by atoms with Crippen molar-refractivity contribution in [1.82, 2.24) is 5.32 Å². The quantitative estimate of drug-likeness (QED) is 0.720. The lowest BCUT2D eigenvalue weighted by molar-refractivity contribution is -0.139. The molecule has 2 rings (SSSR count). The van der Waals surface area contributed by atoms with Gasteiger partial charge in [-0.2, -0.15) is 0 Å². The van der Waals surface area contributed by atoms with Crippen LogP contribution in [0.1, 0.15) is 25.7 Å². The maximum atomic E-state index is 11.8. The normalized spacial score (nSPS) is 14.1. The smallest absolute Gasteiger partial charge is 0.341 e. The maximum absolute atomic E-state index is 11.8. The minimum absolute atomic E-state index is 0.305. The van der Waals surface area contributed by atoms with Crippen LogP contribution in [0.3, 0.4) is 0 Å². The zero-order valence-corrected chi connectivity index (χ0v) is 11.8. The minimum atomic E-state index is -1.06. The first-order valence-electron chi connectivity index (χ1n) is 7.13. The third-order valence-corrected chi connectivity index (χ3v) is 3.55. The van der Waals surface area contributed by atoms with Crippen LogP contribution in [0.4, 0.5) is 10.5 Å². The Morgan fingerprint density at radius 3 is 2.71 bits per heavy atom. The van der Waals surface area contributed by atoms with E-state index in [1.165, 1.54) is 19.3 Å². The molecule has 0 unspecified atom stereocenters. The van der Waals surface area contributed by atoms with Gasteiger partial charge in [-0.3, -0.25) is 0 Å². The van der Waals surface area contributed by atoms with Crippen LogP contribution < -0.4 is 15.4 Å². The Hall–Kier alpha value is -2.24. The Kier molecular flexibility index (Phi) is 5.43. The van der Waals surface area contributed by atoms with Gasteiger partial charge in [-0.1, -0.05) is 31.4 Å². The number of amides is 2. The molecule has 0 aromatic heterocycles. The van der Waals surface area contributed by atoms with E-state index in [2.05, 4.69) is 10.6 Å². The molecule has 1 aliphatic rings. The molecule has 0 radical (unpaired) electrons. The number of anilines is 1. The fraction of sp³-hybridized carbons (Fsp3) is 0.467. The molecule has 6 nitrogen and oxygen atoms in total. The number of ether oxygens (including phenoxy) is 1. The number of carbonyl (C=O) groups excluding carboxylic acids is 1. The first-order chi connectivity index (χ1) is 10.1. The molecule has 0 spiro atoms. The number of carboxylic acids is 1. The molecule has 3 N–H and O–H groups in total. The molecule has 0 bridgehead atoms. The number of hydrogen-bond donors (Lipinski definition) is 3. The van der Waals surface area contributed by atoms with Crippen molar-refractivity contribution in [3.63, 3.8) is 0 Å². The summed E-state index contributed by atoms with van der Waals surface area (Å²) in [4.78, 5) is 22.3. The number of carboxylic acid groups (broad SMARTS) is 1. The van der Waals surface area contributed by atoms with Crippen LogP contribution in [0.2, 0.25) is 0 Å². The Morgan fingerprint density at radius 2 is 2.05 bits per heavy atom. The van der Waals surface area contributed by atoms with E-state index >= 15 is 0 Å². The number of aliphatic carboxylic acids is 1. The molecule has 1 fully saturated rings. The lowest BCUT2D eigenvalue weighted by atomic mass is 9.83. The van der Waals surface area contributed by atoms with Gasteiger partial charge in [-0.05, 0) is 24.5 Å². The zero-order valence-electron chi connectivity index (χ0n) is 11.8. The van der Waals surface area contributed by atoms with Crippen molar-refractivity contribution in [2.45, 2.75) is 25.7 Å². The highest BCUT2D eigenvalue weighted by Crippen LogP contribution is 2.28. The molecule has 114 valence electrons. The van der Waals surface area contributed by atoms with E-state index < -0.39 is 12.6 Å². The fourth-order valence-electron chi connectivity index (χ4n) is 2.17. The van der Waals surface area contributed by atoms with Gasteiger partial charge in [0.25, 0.3) is 0 Å². The summed E-state index contributed by atoms with van der Waals surface area (Å²) < 4.78 is 5.13. The number of benzene rings is 1. The summed E-state index contributed by atoms with van der Waals surface area (Å²) in [5.41, 5.74) is 0.458. The molecule has 0 heterocycles. The monoisotopic (exact) mass is 292 g/mol. The van der Waals surface area contributed by atoms with Crippen molar-refractivity contribution >= 4 is 17.7 Å². The van der Waals surface area contributed by atoms with Gasteiger partial charge in [-0.25, -0.2) is 9.59 Å². The van der Waals surface area contributed by atoms with Gasteiger partial charge in [0, 0.05) is 6.54 Å². The molecular weight excluding hydrogens is 272 g/mol. The lowest BCUT2D eigenvalue weighted by Crippen LogP contribution is -2.31. The molecule has 1 aromatic carbocycles. The van der Waals surface area contributed by atoms with Crippen molar-refractivity contribution in [3.8, 4) is 5.75 Å². The van der Waals surface area contributed by atoms with E-state index in [1.807, 2.05) is 0 Å². The van der Waals surface area contributed by atoms with Gasteiger partial charge in [0.2, 0.25) is 0 Å². The summed E-state index contributed by atoms with van der Waals surface area (Å²) in [6.45, 7) is 0.205. The number of carbonyl (C=O) groups is 2. The van der Waals surface area contributed by atoms with E-state index in [-0.39, 0.29) is 6.03 Å². The second-order valence-electron chi connectivity index (χ2n) is 5.15. The number of rotatable bonds is 7. The van der Waals surface area contributed by atoms with Crippen molar-refractivity contribution in [3.05, 3.63) is 24.3 Å². The standard InChI is InChI=1S/C15H20N2O4/c18-14(19)10-21-13-7-2-1-6-12(13)17-15(20)16-9-8-11-4-3-5-11/h1-2,6-7,11H,3-5,8-10H2,(H,18,19)(H2,16,17,20). The van der Waals surface area contributed by atoms with E-state index in [0.29, 0.717) is 18.0 Å². The molecule has 1 aromatic rings. The second kappa shape index (κ2) is 7.52. The van der Waals surface area contributed by atoms with Crippen molar-refractivity contribution < 1.29 is 19.4 Å². The van der Waals surface area contributed by atoms with Crippen LogP contribution in [0.15, 0.2) is 24.3 Å². The molecule has 1 aliphatic carbocycles. The Bertz CT molecular complexity index is 500. The van der Waals surface area contributed by atoms with E-state index in [1.54, 1.807) is 24.3 Å². The van der Waals surface area contributed by atoms with Crippen molar-refractivity contribution in [1.29, 1.82) is 0 Å². The van der Waals surface area contributed by atoms with Gasteiger partial charge >= 0.3 is 12.0 Å². The highest BCUT2D eigenvalue weighted by Gasteiger charge is 2.17. The van der Waals surface area contributed by atoms with Gasteiger partial charge in [0.1, 0.15) is 5.75 Å². The van der Waals surface area contributed by atoms with Gasteiger partial charge in [-0.15, -0.1) is 0 Å². The maximum Gasteiger partial charge on any atom is 0.341 e. The average molecular weight is 292 g/mol. The van der Waals surface area contributed by atoms with Gasteiger partial charge in [0.15, 0.2) is 6.61 Å². The summed E-state index contributed by atoms with van der Waals surface area (Å²) in [7, 11) is 0. The van der Waals surface area contributed by atoms with E-state index in [4.69, 9.17) is 9.84 Å². The van der Waals surface area contributed by atoms with Crippen molar-refractivity contribution in [2.75, 3.05) is 18.5 Å². The van der Waals surface area contributed by atoms with Crippen LogP contribution in [-0.2, 0) is 4.79 Å². The van der Waals surface area contributed by atoms with E-state index in [9.17, 15) is 9.59 Å². The van der Waals surface area contributed by atoms with Gasteiger partial charge < -0.3 is 20.5 Å². The molecule has 2 amide bonds.